The molecule has 2 aliphatic rings. The molecular weight excluding hydrogens is 184 g/mol. The fourth-order valence-corrected chi connectivity index (χ4v) is 3.47. The summed E-state index contributed by atoms with van der Waals surface area (Å²) in [6.07, 6.45) is 7.26. The van der Waals surface area contributed by atoms with Crippen molar-refractivity contribution in [2.24, 2.45) is 17.6 Å². The Morgan fingerprint density at radius 2 is 1.93 bits per heavy atom. The van der Waals surface area contributed by atoms with Crippen molar-refractivity contribution in [3.05, 3.63) is 0 Å². The molecule has 2 nitrogen and oxygen atoms in total. The van der Waals surface area contributed by atoms with E-state index in [-0.39, 0.29) is 0 Å². The molecule has 2 heteroatoms. The number of hydrogen-bond donors (Lipinski definition) is 1. The smallest absolute Gasteiger partial charge is 0.0127 e. The first kappa shape index (κ1) is 11.4. The Hall–Kier alpha value is -0.0800. The van der Waals surface area contributed by atoms with Gasteiger partial charge in [0.05, 0.1) is 0 Å². The summed E-state index contributed by atoms with van der Waals surface area (Å²) in [5, 5.41) is 0. The van der Waals surface area contributed by atoms with Gasteiger partial charge in [-0.3, -0.25) is 4.90 Å². The van der Waals surface area contributed by atoms with Crippen molar-refractivity contribution in [1.29, 1.82) is 0 Å². The second-order valence-corrected chi connectivity index (χ2v) is 5.59. The van der Waals surface area contributed by atoms with Crippen LogP contribution in [0.25, 0.3) is 0 Å². The van der Waals surface area contributed by atoms with Crippen LogP contribution in [0.2, 0.25) is 0 Å². The van der Waals surface area contributed by atoms with Crippen molar-refractivity contribution in [1.82, 2.24) is 4.90 Å². The van der Waals surface area contributed by atoms with E-state index < -0.39 is 0 Å². The lowest BCUT2D eigenvalue weighted by Crippen LogP contribution is -2.45. The van der Waals surface area contributed by atoms with Gasteiger partial charge in [0.25, 0.3) is 0 Å². The quantitative estimate of drug-likeness (QED) is 0.774. The molecule has 0 amide bonds. The largest absolute Gasteiger partial charge is 0.330 e. The lowest BCUT2D eigenvalue weighted by molar-refractivity contribution is 0.112. The maximum atomic E-state index is 5.78. The van der Waals surface area contributed by atoms with Crippen molar-refractivity contribution in [3.8, 4) is 0 Å². The SMILES string of the molecule is CC(CN)C(C)N1CCC2CCCCC21. The summed E-state index contributed by atoms with van der Waals surface area (Å²) >= 11 is 0. The second kappa shape index (κ2) is 4.84. The van der Waals surface area contributed by atoms with Crippen LogP contribution >= 0.6 is 0 Å². The molecule has 0 bridgehead atoms. The fourth-order valence-electron chi connectivity index (χ4n) is 3.47. The molecule has 0 radical (unpaired) electrons. The number of likely N-dealkylation sites (tertiary alicyclic amines) is 1. The summed E-state index contributed by atoms with van der Waals surface area (Å²) in [5.74, 6) is 1.65. The van der Waals surface area contributed by atoms with E-state index in [1.54, 1.807) is 0 Å². The van der Waals surface area contributed by atoms with Crippen LogP contribution in [-0.4, -0.2) is 30.1 Å². The summed E-state index contributed by atoms with van der Waals surface area (Å²) in [4.78, 5) is 2.75. The Kier molecular flexibility index (Phi) is 3.68. The predicted molar refractivity (Wildman–Crippen MR) is 64.7 cm³/mol. The average molecular weight is 210 g/mol. The molecule has 4 unspecified atom stereocenters. The number of hydrogen-bond acceptors (Lipinski definition) is 2. The molecule has 2 N–H and O–H groups in total. The summed E-state index contributed by atoms with van der Waals surface area (Å²) < 4.78 is 0. The number of rotatable bonds is 3. The van der Waals surface area contributed by atoms with E-state index in [0.717, 1.165) is 18.5 Å². The highest BCUT2D eigenvalue weighted by atomic mass is 15.2. The molecule has 4 atom stereocenters. The van der Waals surface area contributed by atoms with Gasteiger partial charge in [-0.15, -0.1) is 0 Å². The standard InChI is InChI=1S/C13H26N2/c1-10(9-14)11(2)15-8-7-12-5-3-4-6-13(12)15/h10-13H,3-9,14H2,1-2H3. The van der Waals surface area contributed by atoms with Gasteiger partial charge in [0.1, 0.15) is 0 Å². The van der Waals surface area contributed by atoms with Crippen LogP contribution in [0.1, 0.15) is 46.0 Å². The zero-order valence-electron chi connectivity index (χ0n) is 10.3. The van der Waals surface area contributed by atoms with Gasteiger partial charge in [0, 0.05) is 12.1 Å². The molecule has 1 saturated carbocycles. The monoisotopic (exact) mass is 210 g/mol. The van der Waals surface area contributed by atoms with Gasteiger partial charge in [-0.1, -0.05) is 19.8 Å². The van der Waals surface area contributed by atoms with Crippen LogP contribution in [0.4, 0.5) is 0 Å². The number of nitrogens with zero attached hydrogens (tertiary/aromatic N) is 1. The van der Waals surface area contributed by atoms with Crippen molar-refractivity contribution in [2.45, 2.75) is 58.0 Å². The Morgan fingerprint density at radius 3 is 2.67 bits per heavy atom. The minimum absolute atomic E-state index is 0.644. The molecule has 0 spiro atoms. The predicted octanol–water partition coefficient (Wildman–Crippen LogP) is 2.23. The van der Waals surface area contributed by atoms with Gasteiger partial charge in [0.15, 0.2) is 0 Å². The minimum atomic E-state index is 0.644. The third-order valence-electron chi connectivity index (χ3n) is 4.77. The van der Waals surface area contributed by atoms with E-state index >= 15 is 0 Å². The van der Waals surface area contributed by atoms with Crippen molar-refractivity contribution in [2.75, 3.05) is 13.1 Å². The normalized spacial score (nSPS) is 36.2. The summed E-state index contributed by atoms with van der Waals surface area (Å²) in [7, 11) is 0. The molecule has 1 heterocycles. The van der Waals surface area contributed by atoms with Gasteiger partial charge in [-0.05, 0) is 51.1 Å². The molecular formula is C13H26N2. The molecule has 1 saturated heterocycles. The Balaban J connectivity index is 1.97. The highest BCUT2D eigenvalue weighted by Gasteiger charge is 2.38. The van der Waals surface area contributed by atoms with Crippen LogP contribution in [0.5, 0.6) is 0 Å². The summed E-state index contributed by atoms with van der Waals surface area (Å²) in [5.41, 5.74) is 5.78. The zero-order chi connectivity index (χ0) is 10.8. The van der Waals surface area contributed by atoms with Crippen LogP contribution < -0.4 is 5.73 Å². The molecule has 15 heavy (non-hydrogen) atoms. The average Bonchev–Trinajstić information content (AvgIpc) is 2.70. The molecule has 1 aliphatic carbocycles. The van der Waals surface area contributed by atoms with Gasteiger partial charge in [-0.25, -0.2) is 0 Å². The van der Waals surface area contributed by atoms with E-state index in [1.165, 1.54) is 38.6 Å². The van der Waals surface area contributed by atoms with E-state index in [4.69, 9.17) is 5.73 Å². The summed E-state index contributed by atoms with van der Waals surface area (Å²) in [6.45, 7) is 6.81. The van der Waals surface area contributed by atoms with Gasteiger partial charge < -0.3 is 5.73 Å². The Labute approximate surface area is 94.2 Å². The molecule has 0 aromatic carbocycles. The van der Waals surface area contributed by atoms with E-state index in [1.807, 2.05) is 0 Å². The van der Waals surface area contributed by atoms with E-state index in [0.29, 0.717) is 12.0 Å². The Bertz CT molecular complexity index is 205. The van der Waals surface area contributed by atoms with E-state index in [2.05, 4.69) is 18.7 Å². The zero-order valence-corrected chi connectivity index (χ0v) is 10.3. The third-order valence-corrected chi connectivity index (χ3v) is 4.77. The molecule has 0 aromatic rings. The van der Waals surface area contributed by atoms with Crippen molar-refractivity contribution in [3.63, 3.8) is 0 Å². The van der Waals surface area contributed by atoms with Crippen LogP contribution in [0.3, 0.4) is 0 Å². The third kappa shape index (κ3) is 2.21. The highest BCUT2D eigenvalue weighted by molar-refractivity contribution is 4.93. The van der Waals surface area contributed by atoms with E-state index in [9.17, 15) is 0 Å². The maximum absolute atomic E-state index is 5.78. The topological polar surface area (TPSA) is 29.3 Å². The molecule has 2 fully saturated rings. The second-order valence-electron chi connectivity index (χ2n) is 5.59. The highest BCUT2D eigenvalue weighted by Crippen LogP contribution is 2.38. The van der Waals surface area contributed by atoms with Gasteiger partial charge in [-0.2, -0.15) is 0 Å². The first-order chi connectivity index (χ1) is 7.24. The minimum Gasteiger partial charge on any atom is -0.330 e. The molecule has 88 valence electrons. The first-order valence-electron chi connectivity index (χ1n) is 6.70. The lowest BCUT2D eigenvalue weighted by atomic mass is 9.84. The number of nitrogens with two attached hydrogens (primary N) is 1. The van der Waals surface area contributed by atoms with Crippen LogP contribution in [0.15, 0.2) is 0 Å². The van der Waals surface area contributed by atoms with Gasteiger partial charge in [0.2, 0.25) is 0 Å². The Morgan fingerprint density at radius 1 is 1.20 bits per heavy atom. The first-order valence-corrected chi connectivity index (χ1v) is 6.70. The van der Waals surface area contributed by atoms with Crippen molar-refractivity contribution >= 4 is 0 Å². The fraction of sp³-hybridized carbons (Fsp3) is 1.00. The van der Waals surface area contributed by atoms with Gasteiger partial charge >= 0.3 is 0 Å². The maximum Gasteiger partial charge on any atom is 0.0127 e. The van der Waals surface area contributed by atoms with Crippen molar-refractivity contribution < 1.29 is 0 Å². The van der Waals surface area contributed by atoms with Crippen LogP contribution in [0, 0.1) is 11.8 Å². The number of fused-ring (bicyclic) bond motifs is 1. The molecule has 2 rings (SSSR count). The molecule has 0 aromatic heterocycles. The van der Waals surface area contributed by atoms with Crippen LogP contribution in [-0.2, 0) is 0 Å². The summed E-state index contributed by atoms with van der Waals surface area (Å²) in [6, 6.07) is 1.57. The molecule has 1 aliphatic heterocycles. The lowest BCUT2D eigenvalue weighted by Gasteiger charge is -2.37.